The zero-order valence-electron chi connectivity index (χ0n) is 13.9. The smallest absolute Gasteiger partial charge is 0.243 e. The lowest BCUT2D eigenvalue weighted by atomic mass is 10.2. The molecule has 4 rings (SSSR count). The van der Waals surface area contributed by atoms with Crippen molar-refractivity contribution < 1.29 is 4.52 Å². The number of piperazine rings is 1. The average molecular weight is 316 g/mol. The van der Waals surface area contributed by atoms with Crippen LogP contribution in [0.1, 0.15) is 49.3 Å². The second-order valence-electron chi connectivity index (χ2n) is 6.71. The second kappa shape index (κ2) is 6.05. The molecule has 7 heteroatoms. The van der Waals surface area contributed by atoms with Crippen molar-refractivity contribution in [2.45, 2.75) is 38.3 Å². The van der Waals surface area contributed by atoms with Crippen LogP contribution in [0.15, 0.2) is 16.9 Å². The molecule has 1 saturated carbocycles. The predicted molar refractivity (Wildman–Crippen MR) is 84.7 cm³/mol. The maximum Gasteiger partial charge on any atom is 0.243 e. The molecule has 2 aliphatic rings. The lowest BCUT2D eigenvalue weighted by molar-refractivity contribution is 0.0827. The highest BCUT2D eigenvalue weighted by Crippen LogP contribution is 2.38. The van der Waals surface area contributed by atoms with E-state index in [1.807, 2.05) is 19.4 Å². The summed E-state index contributed by atoms with van der Waals surface area (Å²) in [5, 5.41) is 4.13. The molecular weight excluding hydrogens is 292 g/mol. The van der Waals surface area contributed by atoms with Gasteiger partial charge in [-0.05, 0) is 19.8 Å². The van der Waals surface area contributed by atoms with Gasteiger partial charge in [0.25, 0.3) is 0 Å². The Hall–Kier alpha value is -1.73. The number of imidazole rings is 1. The zero-order valence-corrected chi connectivity index (χ0v) is 13.9. The third kappa shape index (κ3) is 3.16. The van der Waals surface area contributed by atoms with E-state index in [-0.39, 0.29) is 6.04 Å². The van der Waals surface area contributed by atoms with Crippen molar-refractivity contribution in [2.24, 2.45) is 7.05 Å². The van der Waals surface area contributed by atoms with Gasteiger partial charge in [0.15, 0.2) is 5.82 Å². The molecule has 1 aliphatic heterocycles. The van der Waals surface area contributed by atoms with E-state index in [1.54, 1.807) is 0 Å². The van der Waals surface area contributed by atoms with Crippen molar-refractivity contribution in [3.63, 3.8) is 0 Å². The molecule has 2 aromatic heterocycles. The third-order valence-corrected chi connectivity index (χ3v) is 5.00. The second-order valence-corrected chi connectivity index (χ2v) is 6.71. The molecule has 3 heterocycles. The molecule has 0 radical (unpaired) electrons. The summed E-state index contributed by atoms with van der Waals surface area (Å²) >= 11 is 0. The monoisotopic (exact) mass is 316 g/mol. The lowest BCUT2D eigenvalue weighted by Crippen LogP contribution is -2.46. The van der Waals surface area contributed by atoms with Gasteiger partial charge >= 0.3 is 0 Å². The Balaban J connectivity index is 1.32. The van der Waals surface area contributed by atoms with Crippen LogP contribution in [0.3, 0.4) is 0 Å². The summed E-state index contributed by atoms with van der Waals surface area (Å²) in [6.07, 6.45) is 6.28. The van der Waals surface area contributed by atoms with E-state index in [4.69, 9.17) is 4.52 Å². The summed E-state index contributed by atoms with van der Waals surface area (Å²) in [4.78, 5) is 13.9. The minimum atomic E-state index is 0.199. The first-order chi connectivity index (χ1) is 11.2. The van der Waals surface area contributed by atoms with Gasteiger partial charge in [-0.2, -0.15) is 4.98 Å². The van der Waals surface area contributed by atoms with Gasteiger partial charge < -0.3 is 9.09 Å². The van der Waals surface area contributed by atoms with E-state index in [9.17, 15) is 0 Å². The fourth-order valence-electron chi connectivity index (χ4n) is 3.14. The molecule has 124 valence electrons. The number of aromatic nitrogens is 4. The molecule has 0 unspecified atom stereocenters. The number of aryl methyl sites for hydroxylation is 1. The number of hydrogen-bond acceptors (Lipinski definition) is 6. The van der Waals surface area contributed by atoms with E-state index in [2.05, 4.69) is 36.4 Å². The van der Waals surface area contributed by atoms with E-state index in [0.717, 1.165) is 50.3 Å². The number of rotatable bonds is 5. The molecule has 0 amide bonds. The van der Waals surface area contributed by atoms with Crippen molar-refractivity contribution in [2.75, 3.05) is 26.2 Å². The van der Waals surface area contributed by atoms with Gasteiger partial charge in [-0.3, -0.25) is 9.80 Å². The van der Waals surface area contributed by atoms with E-state index >= 15 is 0 Å². The van der Waals surface area contributed by atoms with Gasteiger partial charge in [0.05, 0.1) is 12.6 Å². The van der Waals surface area contributed by atoms with Crippen LogP contribution in [0.5, 0.6) is 0 Å². The summed E-state index contributed by atoms with van der Waals surface area (Å²) < 4.78 is 7.57. The van der Waals surface area contributed by atoms with E-state index in [1.165, 1.54) is 12.8 Å². The van der Waals surface area contributed by atoms with Crippen LogP contribution < -0.4 is 0 Å². The van der Waals surface area contributed by atoms with Gasteiger partial charge in [0.2, 0.25) is 5.89 Å². The van der Waals surface area contributed by atoms with Gasteiger partial charge in [-0.25, -0.2) is 4.98 Å². The van der Waals surface area contributed by atoms with E-state index in [0.29, 0.717) is 5.92 Å². The van der Waals surface area contributed by atoms with Crippen molar-refractivity contribution in [1.29, 1.82) is 0 Å². The lowest BCUT2D eigenvalue weighted by Gasteiger charge is -2.36. The topological polar surface area (TPSA) is 63.2 Å². The van der Waals surface area contributed by atoms with Crippen LogP contribution in [0, 0.1) is 0 Å². The average Bonchev–Trinajstić information content (AvgIpc) is 3.17. The van der Waals surface area contributed by atoms with Gasteiger partial charge in [0.1, 0.15) is 5.82 Å². The molecule has 0 bridgehead atoms. The Kier molecular flexibility index (Phi) is 3.90. The summed E-state index contributed by atoms with van der Waals surface area (Å²) in [5.74, 6) is 3.34. The molecule has 2 fully saturated rings. The summed E-state index contributed by atoms with van der Waals surface area (Å²) in [5.41, 5.74) is 0. The molecule has 23 heavy (non-hydrogen) atoms. The molecule has 1 saturated heterocycles. The van der Waals surface area contributed by atoms with Crippen LogP contribution in [0.4, 0.5) is 0 Å². The van der Waals surface area contributed by atoms with Crippen molar-refractivity contribution in [1.82, 2.24) is 29.5 Å². The molecule has 1 atom stereocenters. The summed E-state index contributed by atoms with van der Waals surface area (Å²) in [6, 6.07) is 0.199. The Labute approximate surface area is 136 Å². The highest BCUT2D eigenvalue weighted by Gasteiger charge is 2.31. The quantitative estimate of drug-likeness (QED) is 0.834. The molecule has 0 spiro atoms. The molecular formula is C16H24N6O. The van der Waals surface area contributed by atoms with Crippen LogP contribution in [0.25, 0.3) is 0 Å². The first kappa shape index (κ1) is 14.8. The zero-order chi connectivity index (χ0) is 15.8. The molecule has 7 nitrogen and oxygen atoms in total. The summed E-state index contributed by atoms with van der Waals surface area (Å²) in [6.45, 7) is 7.21. The fraction of sp³-hybridized carbons (Fsp3) is 0.688. The van der Waals surface area contributed by atoms with Crippen molar-refractivity contribution in [3.8, 4) is 0 Å². The maximum absolute atomic E-state index is 5.48. The number of hydrogen-bond donors (Lipinski definition) is 0. The standard InChI is InChI=1S/C16H24N6O/c1-12(16-18-15(19-23-16)13-3-4-13)22-9-7-21(8-10-22)11-14-17-5-6-20(14)2/h5-6,12-13H,3-4,7-11H2,1-2H3/t12-/m0/s1. The predicted octanol–water partition coefficient (Wildman–Crippen LogP) is 1.56. The largest absolute Gasteiger partial charge is 0.338 e. The summed E-state index contributed by atoms with van der Waals surface area (Å²) in [7, 11) is 2.05. The normalized spacial score (nSPS) is 21.7. The third-order valence-electron chi connectivity index (χ3n) is 5.00. The van der Waals surface area contributed by atoms with Crippen LogP contribution in [0.2, 0.25) is 0 Å². The van der Waals surface area contributed by atoms with Gasteiger partial charge in [-0.15, -0.1) is 0 Å². The Morgan fingerprint density at radius 2 is 2.04 bits per heavy atom. The van der Waals surface area contributed by atoms with Crippen LogP contribution in [-0.2, 0) is 13.6 Å². The Bertz CT molecular complexity index is 653. The highest BCUT2D eigenvalue weighted by atomic mass is 16.5. The SMILES string of the molecule is C[C@@H](c1nc(C2CC2)no1)N1CCN(Cc2nccn2C)CC1. The Morgan fingerprint density at radius 1 is 1.26 bits per heavy atom. The molecule has 0 aromatic carbocycles. The van der Waals surface area contributed by atoms with Gasteiger partial charge in [0, 0.05) is 51.5 Å². The maximum atomic E-state index is 5.48. The molecule has 0 N–H and O–H groups in total. The Morgan fingerprint density at radius 3 is 2.70 bits per heavy atom. The highest BCUT2D eigenvalue weighted by molar-refractivity contribution is 5.05. The molecule has 1 aliphatic carbocycles. The van der Waals surface area contributed by atoms with Crippen LogP contribution in [-0.4, -0.2) is 55.7 Å². The van der Waals surface area contributed by atoms with Crippen molar-refractivity contribution >= 4 is 0 Å². The molecule has 2 aromatic rings. The minimum absolute atomic E-state index is 0.199. The number of nitrogens with zero attached hydrogens (tertiary/aromatic N) is 6. The van der Waals surface area contributed by atoms with E-state index < -0.39 is 0 Å². The van der Waals surface area contributed by atoms with Gasteiger partial charge in [-0.1, -0.05) is 5.16 Å². The fourth-order valence-corrected chi connectivity index (χ4v) is 3.14. The first-order valence-electron chi connectivity index (χ1n) is 8.47. The van der Waals surface area contributed by atoms with Crippen LogP contribution >= 0.6 is 0 Å². The first-order valence-corrected chi connectivity index (χ1v) is 8.47. The minimum Gasteiger partial charge on any atom is -0.338 e. The van der Waals surface area contributed by atoms with Crippen molar-refractivity contribution in [3.05, 3.63) is 29.9 Å².